The second kappa shape index (κ2) is 34.1. The molecule has 0 spiro atoms. The van der Waals surface area contributed by atoms with E-state index in [4.69, 9.17) is 0 Å². The maximum absolute atomic E-state index is 4.64. The van der Waals surface area contributed by atoms with Crippen molar-refractivity contribution in [3.05, 3.63) is 110 Å². The molecule has 0 aliphatic heterocycles. The first-order chi connectivity index (χ1) is 22.4. The molecule has 4 nitrogen and oxygen atoms in total. The Kier molecular flexibility index (Phi) is 32.9. The van der Waals surface area contributed by atoms with Crippen LogP contribution in [0.25, 0.3) is 10.9 Å². The molecule has 1 aromatic heterocycles. The summed E-state index contributed by atoms with van der Waals surface area (Å²) in [6, 6.07) is 21.0. The molecule has 46 heavy (non-hydrogen) atoms. The summed E-state index contributed by atoms with van der Waals surface area (Å²) in [4.78, 5) is 3.78. The van der Waals surface area contributed by atoms with Gasteiger partial charge >= 0.3 is 0 Å². The van der Waals surface area contributed by atoms with Crippen LogP contribution in [0, 0.1) is 0 Å². The van der Waals surface area contributed by atoms with Crippen molar-refractivity contribution in [3.63, 3.8) is 0 Å². The SMILES string of the molecule is C/C=C\C.C=CC.CC=N/C=C\C.CCCCCC.CCCCCCC[n+]1ccc(/C=N/N(C)c2ccccc2)c2ccccc21. The molecule has 0 amide bonds. The van der Waals surface area contributed by atoms with Gasteiger partial charge in [0.05, 0.1) is 17.3 Å². The topological polar surface area (TPSA) is 31.8 Å². The second-order valence-electron chi connectivity index (χ2n) is 10.7. The lowest BCUT2D eigenvalue weighted by Gasteiger charge is -2.12. The van der Waals surface area contributed by atoms with Crippen LogP contribution in [0.4, 0.5) is 5.69 Å². The van der Waals surface area contributed by atoms with Gasteiger partial charge in [-0.05, 0) is 59.2 Å². The number of hydrazone groups is 1. The number of para-hydroxylation sites is 2. The van der Waals surface area contributed by atoms with Crippen molar-refractivity contribution in [2.75, 3.05) is 12.1 Å². The zero-order chi connectivity index (χ0) is 34.7. The van der Waals surface area contributed by atoms with Crippen LogP contribution in [0.2, 0.25) is 0 Å². The molecule has 3 rings (SSSR count). The lowest BCUT2D eigenvalue weighted by molar-refractivity contribution is -0.671. The third-order valence-electron chi connectivity index (χ3n) is 6.64. The van der Waals surface area contributed by atoms with Gasteiger partial charge in [0.15, 0.2) is 6.20 Å². The summed E-state index contributed by atoms with van der Waals surface area (Å²) in [5.74, 6) is 0. The van der Waals surface area contributed by atoms with E-state index in [0.29, 0.717) is 0 Å². The van der Waals surface area contributed by atoms with Gasteiger partial charge in [-0.15, -0.1) is 6.58 Å². The summed E-state index contributed by atoms with van der Waals surface area (Å²) in [5.41, 5.74) is 3.51. The van der Waals surface area contributed by atoms with Crippen molar-refractivity contribution >= 4 is 29.0 Å². The van der Waals surface area contributed by atoms with Gasteiger partial charge in [-0.1, -0.05) is 120 Å². The summed E-state index contributed by atoms with van der Waals surface area (Å²) >= 11 is 0. The van der Waals surface area contributed by atoms with Crippen molar-refractivity contribution in [2.24, 2.45) is 10.1 Å². The minimum absolute atomic E-state index is 1.07. The second-order valence-corrected chi connectivity index (χ2v) is 10.7. The number of fused-ring (bicyclic) bond motifs is 1. The van der Waals surface area contributed by atoms with Crippen molar-refractivity contribution in [1.29, 1.82) is 0 Å². The summed E-state index contributed by atoms with van der Waals surface area (Å²) in [5, 5.41) is 7.79. The number of benzene rings is 2. The Hall–Kier alpha value is -3.79. The molecule has 1 heterocycles. The van der Waals surface area contributed by atoms with Gasteiger partial charge in [0.1, 0.15) is 6.54 Å². The number of nitrogens with zero attached hydrogens (tertiary/aromatic N) is 4. The first kappa shape index (κ1) is 44.3. The molecule has 0 saturated carbocycles. The van der Waals surface area contributed by atoms with E-state index in [1.165, 1.54) is 68.7 Å². The molecule has 0 N–H and O–H groups in total. The van der Waals surface area contributed by atoms with Crippen LogP contribution in [0.3, 0.4) is 0 Å². The predicted molar refractivity (Wildman–Crippen MR) is 210 cm³/mol. The van der Waals surface area contributed by atoms with E-state index in [9.17, 15) is 0 Å². The van der Waals surface area contributed by atoms with Gasteiger partial charge in [-0.25, -0.2) is 0 Å². The molecule has 0 aliphatic carbocycles. The van der Waals surface area contributed by atoms with Gasteiger partial charge in [0, 0.05) is 43.6 Å². The number of aryl methyl sites for hydroxylation is 1. The molecular weight excluding hydrogens is 560 g/mol. The number of anilines is 1. The monoisotopic (exact) mass is 628 g/mol. The number of pyridine rings is 1. The first-order valence-corrected chi connectivity index (χ1v) is 17.4. The highest BCUT2D eigenvalue weighted by molar-refractivity contribution is 5.97. The lowest BCUT2D eigenvalue weighted by Crippen LogP contribution is -2.34. The highest BCUT2D eigenvalue weighted by Gasteiger charge is 2.11. The van der Waals surface area contributed by atoms with Gasteiger partial charge < -0.3 is 0 Å². The van der Waals surface area contributed by atoms with Crippen molar-refractivity contribution in [1.82, 2.24) is 0 Å². The number of aromatic nitrogens is 1. The third kappa shape index (κ3) is 23.6. The van der Waals surface area contributed by atoms with Crippen LogP contribution in [0.5, 0.6) is 0 Å². The maximum Gasteiger partial charge on any atom is 0.213 e. The minimum Gasteiger partial charge on any atom is -0.270 e. The van der Waals surface area contributed by atoms with Crippen LogP contribution >= 0.6 is 0 Å². The number of unbranched alkanes of at least 4 members (excludes halogenated alkanes) is 7. The Morgan fingerprint density at radius 2 is 1.24 bits per heavy atom. The zero-order valence-electron chi connectivity index (χ0n) is 31.0. The standard InChI is InChI=1S/C24H30N3.C6H14.C5H9N.C4H8.C3H6/c1-3-4-5-6-12-18-27-19-17-21(23-15-10-11-16-24(23)27)20-25-26(2)22-13-8-7-9-14-22;2*1-3-5-6-4-2;1-3-4-2;1-3-2/h7-11,13-17,19-20H,3-6,12,18H2,1-2H3;3-6H2,1-2H3;3-5H,1-2H3;3-4H,1-2H3;3H,1H2,2H3/q+1;;;;/b;;5-3-,6-4?;4-3-;. The number of aliphatic imine (C=N–C) groups is 1. The molecule has 0 fully saturated rings. The highest BCUT2D eigenvalue weighted by Crippen LogP contribution is 2.16. The Labute approximate surface area is 284 Å². The smallest absolute Gasteiger partial charge is 0.213 e. The van der Waals surface area contributed by atoms with E-state index >= 15 is 0 Å². The third-order valence-corrected chi connectivity index (χ3v) is 6.64. The van der Waals surface area contributed by atoms with Crippen molar-refractivity contribution in [2.45, 2.75) is 120 Å². The Balaban J connectivity index is 0. The van der Waals surface area contributed by atoms with Crippen molar-refractivity contribution < 1.29 is 4.57 Å². The molecule has 3 aromatic rings. The van der Waals surface area contributed by atoms with Crippen LogP contribution in [0.15, 0.2) is 114 Å². The highest BCUT2D eigenvalue weighted by atomic mass is 15.4. The molecule has 254 valence electrons. The molecular formula is C42H67N4+. The van der Waals surface area contributed by atoms with Crippen molar-refractivity contribution in [3.8, 4) is 0 Å². The first-order valence-electron chi connectivity index (χ1n) is 17.4. The number of hydrogen-bond donors (Lipinski definition) is 0. The molecule has 0 unspecified atom stereocenters. The molecule has 0 aliphatic rings. The summed E-state index contributed by atoms with van der Waals surface area (Å²) in [6.45, 7) is 20.9. The summed E-state index contributed by atoms with van der Waals surface area (Å²) in [6.07, 6.45) is 27.4. The Bertz CT molecular complexity index is 1190. The number of rotatable bonds is 13. The van der Waals surface area contributed by atoms with Gasteiger partial charge in [0.2, 0.25) is 5.52 Å². The van der Waals surface area contributed by atoms with Crippen LogP contribution in [-0.4, -0.2) is 19.5 Å². The van der Waals surface area contributed by atoms with E-state index in [-0.39, 0.29) is 0 Å². The van der Waals surface area contributed by atoms with Gasteiger partial charge in [-0.2, -0.15) is 9.67 Å². The van der Waals surface area contributed by atoms with Crippen LogP contribution < -0.4 is 9.58 Å². The normalized spacial score (nSPS) is 10.5. The molecule has 2 aromatic carbocycles. The average Bonchev–Trinajstić information content (AvgIpc) is 3.10. The van der Waals surface area contributed by atoms with E-state index in [1.54, 1.807) is 18.5 Å². The van der Waals surface area contributed by atoms with Crippen LogP contribution in [0.1, 0.15) is 119 Å². The van der Waals surface area contributed by atoms with E-state index in [0.717, 1.165) is 17.8 Å². The van der Waals surface area contributed by atoms with E-state index in [1.807, 2.05) is 89.3 Å². The lowest BCUT2D eigenvalue weighted by atomic mass is 10.1. The zero-order valence-corrected chi connectivity index (χ0v) is 31.0. The molecule has 0 bridgehead atoms. The summed E-state index contributed by atoms with van der Waals surface area (Å²) in [7, 11) is 1.98. The molecule has 0 saturated heterocycles. The fourth-order valence-electron chi connectivity index (χ4n) is 4.03. The number of allylic oxidation sites excluding steroid dienone is 4. The Morgan fingerprint density at radius 1 is 0.696 bits per heavy atom. The Morgan fingerprint density at radius 3 is 1.76 bits per heavy atom. The minimum atomic E-state index is 1.07. The average molecular weight is 628 g/mol. The molecule has 0 atom stereocenters. The summed E-state index contributed by atoms with van der Waals surface area (Å²) < 4.78 is 2.37. The fraction of sp³-hybridized carbons (Fsp3) is 0.452. The largest absolute Gasteiger partial charge is 0.270 e. The van der Waals surface area contributed by atoms with E-state index < -0.39 is 0 Å². The molecule has 0 radical (unpaired) electrons. The fourth-order valence-corrected chi connectivity index (χ4v) is 4.03. The quantitative estimate of drug-likeness (QED) is 0.0610. The van der Waals surface area contributed by atoms with Gasteiger partial charge in [0.25, 0.3) is 0 Å². The number of hydrogen-bond acceptors (Lipinski definition) is 3. The molecule has 4 heteroatoms. The van der Waals surface area contributed by atoms with Gasteiger partial charge in [-0.3, -0.25) is 10.0 Å². The maximum atomic E-state index is 4.64. The van der Waals surface area contributed by atoms with E-state index in [2.05, 4.69) is 90.7 Å². The van der Waals surface area contributed by atoms with Crippen LogP contribution in [-0.2, 0) is 6.54 Å². The predicted octanol–water partition coefficient (Wildman–Crippen LogP) is 12.5.